The van der Waals surface area contributed by atoms with Gasteiger partial charge in [0.1, 0.15) is 13.2 Å². The summed E-state index contributed by atoms with van der Waals surface area (Å²) in [7, 11) is 1.54. The van der Waals surface area contributed by atoms with E-state index in [4.69, 9.17) is 9.05 Å². The summed E-state index contributed by atoms with van der Waals surface area (Å²) in [5, 5.41) is 13.9. The first-order chi connectivity index (χ1) is 33.0. The minimum absolute atomic E-state index is 0.0517. The molecule has 0 spiro atoms. The number of likely N-dealkylation sites (N-methyl/N-ethyl adjacent to an activating group) is 1. The quantitative estimate of drug-likeness (QED) is 0.0243. The van der Waals surface area contributed by atoms with Gasteiger partial charge in [-0.3, -0.25) is 13.8 Å². The summed E-state index contributed by atoms with van der Waals surface area (Å²) >= 11 is 0. The van der Waals surface area contributed by atoms with Gasteiger partial charge in [0.2, 0.25) is 5.91 Å². The molecular formula is C59H110N2O6P+. The van der Waals surface area contributed by atoms with E-state index in [0.717, 1.165) is 57.8 Å². The molecule has 1 amide bonds. The van der Waals surface area contributed by atoms with Gasteiger partial charge in [-0.25, -0.2) is 4.57 Å². The SMILES string of the molecule is CCCCCCC/C=C\C/C=C\C/C=C\CCCCCCCCCCCCCCCCCCC(=O)NC(COP(=O)(O)OCC[N+](C)(C)C)C(O)/C=C/CC/C=C/CC/C=C/CCCCCCC. The number of hydrogen-bond donors (Lipinski definition) is 3. The fourth-order valence-corrected chi connectivity index (χ4v) is 8.64. The van der Waals surface area contributed by atoms with Crippen molar-refractivity contribution in [2.24, 2.45) is 0 Å². The third kappa shape index (κ3) is 51.8. The van der Waals surface area contributed by atoms with Gasteiger partial charge in [-0.15, -0.1) is 0 Å². The Morgan fingerprint density at radius 2 is 0.853 bits per heavy atom. The highest BCUT2D eigenvalue weighted by Crippen LogP contribution is 2.43. The van der Waals surface area contributed by atoms with Crippen LogP contribution in [0.25, 0.3) is 0 Å². The molecule has 0 fully saturated rings. The van der Waals surface area contributed by atoms with Crippen molar-refractivity contribution in [1.82, 2.24) is 5.32 Å². The summed E-state index contributed by atoms with van der Waals surface area (Å²) in [6.45, 7) is 4.76. The van der Waals surface area contributed by atoms with Crippen molar-refractivity contribution in [3.8, 4) is 0 Å². The first kappa shape index (κ1) is 65.9. The second kappa shape index (κ2) is 49.9. The molecule has 0 saturated carbocycles. The van der Waals surface area contributed by atoms with Crippen molar-refractivity contribution in [2.45, 2.75) is 257 Å². The van der Waals surface area contributed by atoms with Crippen LogP contribution in [0.5, 0.6) is 0 Å². The monoisotopic (exact) mass is 974 g/mol. The molecule has 0 aromatic rings. The Kier molecular flexibility index (Phi) is 48.4. The molecule has 0 aliphatic carbocycles. The number of carbonyl (C=O) groups excluding carboxylic acids is 1. The van der Waals surface area contributed by atoms with Crippen LogP contribution < -0.4 is 5.32 Å². The second-order valence-electron chi connectivity index (χ2n) is 20.3. The van der Waals surface area contributed by atoms with E-state index in [-0.39, 0.29) is 19.1 Å². The Bertz CT molecular complexity index is 1330. The normalized spacial score (nSPS) is 14.5. The van der Waals surface area contributed by atoms with Crippen LogP contribution in [0.2, 0.25) is 0 Å². The summed E-state index contributed by atoms with van der Waals surface area (Å²) in [5.41, 5.74) is 0. The highest BCUT2D eigenvalue weighted by atomic mass is 31.2. The van der Waals surface area contributed by atoms with E-state index in [1.165, 1.54) is 167 Å². The van der Waals surface area contributed by atoms with Gasteiger partial charge < -0.3 is 19.8 Å². The van der Waals surface area contributed by atoms with Crippen molar-refractivity contribution in [3.05, 3.63) is 72.9 Å². The number of nitrogens with one attached hydrogen (secondary N) is 1. The molecule has 0 bridgehead atoms. The van der Waals surface area contributed by atoms with Crippen molar-refractivity contribution in [2.75, 3.05) is 40.9 Å². The number of phosphoric acid groups is 1. The smallest absolute Gasteiger partial charge is 0.387 e. The predicted molar refractivity (Wildman–Crippen MR) is 295 cm³/mol. The Balaban J connectivity index is 4.15. The lowest BCUT2D eigenvalue weighted by Gasteiger charge is -2.25. The summed E-state index contributed by atoms with van der Waals surface area (Å²) in [4.78, 5) is 23.2. The van der Waals surface area contributed by atoms with Crippen LogP contribution in [-0.2, 0) is 18.4 Å². The Morgan fingerprint density at radius 1 is 0.500 bits per heavy atom. The zero-order valence-corrected chi connectivity index (χ0v) is 46.0. The van der Waals surface area contributed by atoms with Gasteiger partial charge >= 0.3 is 7.82 Å². The summed E-state index contributed by atoms with van der Waals surface area (Å²) in [5.74, 6) is -0.192. The summed E-state index contributed by atoms with van der Waals surface area (Å²) in [6.07, 6.45) is 68.6. The maximum Gasteiger partial charge on any atom is 0.472 e. The van der Waals surface area contributed by atoms with Crippen LogP contribution >= 0.6 is 7.82 Å². The van der Waals surface area contributed by atoms with E-state index in [9.17, 15) is 19.4 Å². The molecule has 0 saturated heterocycles. The zero-order valence-electron chi connectivity index (χ0n) is 45.1. The molecule has 0 rings (SSSR count). The third-order valence-electron chi connectivity index (χ3n) is 12.4. The molecule has 9 heteroatoms. The molecule has 0 aliphatic rings. The number of aliphatic hydroxyl groups is 1. The maximum atomic E-state index is 13.0. The fourth-order valence-electron chi connectivity index (χ4n) is 7.90. The number of allylic oxidation sites excluding steroid dienone is 11. The second-order valence-corrected chi connectivity index (χ2v) is 21.7. The van der Waals surface area contributed by atoms with Crippen molar-refractivity contribution in [3.63, 3.8) is 0 Å². The van der Waals surface area contributed by atoms with Crippen LogP contribution in [-0.4, -0.2) is 73.4 Å². The molecule has 8 nitrogen and oxygen atoms in total. The zero-order chi connectivity index (χ0) is 49.9. The van der Waals surface area contributed by atoms with E-state index in [2.05, 4.69) is 79.9 Å². The van der Waals surface area contributed by atoms with Crippen LogP contribution in [0, 0.1) is 0 Å². The molecule has 0 heterocycles. The van der Waals surface area contributed by atoms with Gasteiger partial charge in [0.05, 0.1) is 39.9 Å². The van der Waals surface area contributed by atoms with Crippen molar-refractivity contribution >= 4 is 13.7 Å². The number of nitrogens with zero attached hydrogens (tertiary/aromatic N) is 1. The molecule has 396 valence electrons. The molecule has 0 radical (unpaired) electrons. The van der Waals surface area contributed by atoms with Crippen LogP contribution in [0.3, 0.4) is 0 Å². The van der Waals surface area contributed by atoms with Crippen LogP contribution in [0.4, 0.5) is 0 Å². The minimum atomic E-state index is -4.36. The molecule has 0 aromatic heterocycles. The first-order valence-corrected chi connectivity index (χ1v) is 29.8. The molecule has 3 unspecified atom stereocenters. The van der Waals surface area contributed by atoms with Crippen LogP contribution in [0.1, 0.15) is 245 Å². The molecule has 68 heavy (non-hydrogen) atoms. The molecular weight excluding hydrogens is 864 g/mol. The molecule has 0 aromatic carbocycles. The lowest BCUT2D eigenvalue weighted by molar-refractivity contribution is -0.870. The number of amides is 1. The largest absolute Gasteiger partial charge is 0.472 e. The lowest BCUT2D eigenvalue weighted by Crippen LogP contribution is -2.45. The number of carbonyl (C=O) groups is 1. The topological polar surface area (TPSA) is 105 Å². The first-order valence-electron chi connectivity index (χ1n) is 28.3. The predicted octanol–water partition coefficient (Wildman–Crippen LogP) is 17.1. The van der Waals surface area contributed by atoms with Crippen LogP contribution in [0.15, 0.2) is 72.9 Å². The standard InChI is InChI=1S/C59H109N2O6P/c1-6-8-10-12-14-16-18-20-22-23-24-25-26-27-28-29-30-31-32-33-34-35-36-37-39-41-43-45-47-49-51-53-59(63)60-57(56-67-68(64,65)66-55-54-61(3,4)5)58(62)52-50-48-46-44-42-40-38-21-19-17-15-13-11-9-7-2/h18-21,23-24,26-27,42,44,50,52,57-58,62H,6-17,22,25,28-41,43,45-49,51,53-56H2,1-5H3,(H-,60,63,64,65)/p+1/b20-18-,21-19+,24-23-,27-26-,44-42+,52-50+. The number of rotatable bonds is 51. The molecule has 3 N–H and O–H groups in total. The van der Waals surface area contributed by atoms with E-state index >= 15 is 0 Å². The highest BCUT2D eigenvalue weighted by molar-refractivity contribution is 7.47. The highest BCUT2D eigenvalue weighted by Gasteiger charge is 2.27. The average Bonchev–Trinajstić information content (AvgIpc) is 3.30. The number of unbranched alkanes of at least 4 members (excludes halogenated alkanes) is 28. The van der Waals surface area contributed by atoms with Gasteiger partial charge in [0, 0.05) is 6.42 Å². The fraction of sp³-hybridized carbons (Fsp3) is 0.780. The van der Waals surface area contributed by atoms with Crippen molar-refractivity contribution < 1.29 is 32.9 Å². The van der Waals surface area contributed by atoms with E-state index in [0.29, 0.717) is 17.4 Å². The summed E-state index contributed by atoms with van der Waals surface area (Å²) < 4.78 is 23.6. The Morgan fingerprint density at radius 3 is 1.28 bits per heavy atom. The number of hydrogen-bond acceptors (Lipinski definition) is 5. The minimum Gasteiger partial charge on any atom is -0.387 e. The Labute approximate surface area is 421 Å². The number of aliphatic hydroxyl groups excluding tert-OH is 1. The van der Waals surface area contributed by atoms with Gasteiger partial charge in [0.15, 0.2) is 0 Å². The average molecular weight is 975 g/mol. The van der Waals surface area contributed by atoms with Gasteiger partial charge in [-0.2, -0.15) is 0 Å². The summed E-state index contributed by atoms with van der Waals surface area (Å²) in [6, 6.07) is -0.872. The van der Waals surface area contributed by atoms with Crippen molar-refractivity contribution in [1.29, 1.82) is 0 Å². The van der Waals surface area contributed by atoms with Gasteiger partial charge in [0.25, 0.3) is 0 Å². The van der Waals surface area contributed by atoms with E-state index in [1.807, 2.05) is 27.2 Å². The van der Waals surface area contributed by atoms with E-state index in [1.54, 1.807) is 6.08 Å². The number of quaternary nitrogens is 1. The Hall–Kier alpha value is -2.06. The lowest BCUT2D eigenvalue weighted by atomic mass is 10.0. The van der Waals surface area contributed by atoms with E-state index < -0.39 is 20.0 Å². The van der Waals surface area contributed by atoms with Gasteiger partial charge in [-0.05, 0) is 83.5 Å². The number of phosphoric ester groups is 1. The third-order valence-corrected chi connectivity index (χ3v) is 13.4. The van der Waals surface area contributed by atoms with Gasteiger partial charge in [-0.1, -0.05) is 228 Å². The maximum absolute atomic E-state index is 13.0. The molecule has 3 atom stereocenters. The molecule has 0 aliphatic heterocycles.